The van der Waals surface area contributed by atoms with Crippen LogP contribution in [-0.4, -0.2) is 22.7 Å². The molecule has 0 unspecified atom stereocenters. The first kappa shape index (κ1) is 20.9. The summed E-state index contributed by atoms with van der Waals surface area (Å²) in [6.45, 7) is 0. The van der Waals surface area contributed by atoms with Gasteiger partial charge in [0.1, 0.15) is 10.6 Å². The van der Waals surface area contributed by atoms with Gasteiger partial charge in [0.05, 0.1) is 11.3 Å². The molecule has 2 aromatic carbocycles. The Morgan fingerprint density at radius 1 is 1.03 bits per heavy atom. The Hall–Kier alpha value is -2.78. The van der Waals surface area contributed by atoms with Crippen molar-refractivity contribution in [1.29, 1.82) is 0 Å². The highest BCUT2D eigenvalue weighted by Crippen LogP contribution is 2.37. The van der Waals surface area contributed by atoms with Crippen molar-refractivity contribution in [2.45, 2.75) is 11.1 Å². The van der Waals surface area contributed by atoms with Crippen molar-refractivity contribution < 1.29 is 27.9 Å². The predicted molar refractivity (Wildman–Crippen MR) is 108 cm³/mol. The highest BCUT2D eigenvalue weighted by atomic mass is 32.2. The van der Waals surface area contributed by atoms with Crippen LogP contribution in [0, 0.1) is 0 Å². The maximum absolute atomic E-state index is 12.7. The number of benzene rings is 2. The summed E-state index contributed by atoms with van der Waals surface area (Å²) >= 11 is 2.32. The molecule has 9 heteroatoms. The monoisotopic (exact) mass is 437 g/mol. The summed E-state index contributed by atoms with van der Waals surface area (Å²) in [6, 6.07) is 13.5. The lowest BCUT2D eigenvalue weighted by molar-refractivity contribution is -0.137. The number of amides is 1. The first-order valence-corrected chi connectivity index (χ1v) is 10.1. The lowest BCUT2D eigenvalue weighted by atomic mass is 10.0. The third-order valence-electron chi connectivity index (χ3n) is 3.89. The van der Waals surface area contributed by atoms with Gasteiger partial charge in [0.15, 0.2) is 0 Å². The zero-order valence-corrected chi connectivity index (χ0v) is 16.3. The van der Waals surface area contributed by atoms with Crippen molar-refractivity contribution in [2.24, 2.45) is 0 Å². The number of carboxylic acids is 1. The molecule has 0 aliphatic rings. The molecule has 0 atom stereocenters. The van der Waals surface area contributed by atoms with Gasteiger partial charge >= 0.3 is 12.1 Å². The van der Waals surface area contributed by atoms with Crippen molar-refractivity contribution in [1.82, 2.24) is 0 Å². The third kappa shape index (κ3) is 5.18. The number of carbonyl (C=O) groups is 2. The fraction of sp³-hybridized carbons (Fsp3) is 0.100. The van der Waals surface area contributed by atoms with Gasteiger partial charge in [0.2, 0.25) is 5.91 Å². The largest absolute Gasteiger partial charge is 0.478 e. The number of anilines is 1. The normalized spacial score (nSPS) is 11.3. The van der Waals surface area contributed by atoms with E-state index in [0.717, 1.165) is 28.4 Å². The van der Waals surface area contributed by atoms with Crippen molar-refractivity contribution in [3.8, 4) is 11.1 Å². The Morgan fingerprint density at radius 3 is 2.28 bits per heavy atom. The molecule has 1 heterocycles. The van der Waals surface area contributed by atoms with Gasteiger partial charge in [-0.2, -0.15) is 13.2 Å². The van der Waals surface area contributed by atoms with Crippen LogP contribution in [0.3, 0.4) is 0 Å². The second kappa shape index (κ2) is 8.71. The first-order valence-electron chi connectivity index (χ1n) is 8.26. The fourth-order valence-electron chi connectivity index (χ4n) is 2.54. The molecular weight excluding hydrogens is 423 g/mol. The molecule has 29 heavy (non-hydrogen) atoms. The summed E-state index contributed by atoms with van der Waals surface area (Å²) in [7, 11) is 0. The minimum absolute atomic E-state index is 0.0938. The van der Waals surface area contributed by atoms with Crippen LogP contribution in [-0.2, 0) is 11.0 Å². The maximum Gasteiger partial charge on any atom is 0.416 e. The molecule has 0 spiro atoms. The Morgan fingerprint density at radius 2 is 1.69 bits per heavy atom. The van der Waals surface area contributed by atoms with Crippen LogP contribution in [0.15, 0.2) is 64.9 Å². The molecule has 0 bridgehead atoms. The van der Waals surface area contributed by atoms with Crippen LogP contribution in [0.5, 0.6) is 0 Å². The minimum Gasteiger partial charge on any atom is -0.478 e. The number of thiophene rings is 1. The average Bonchev–Trinajstić information content (AvgIpc) is 3.10. The lowest BCUT2D eigenvalue weighted by Crippen LogP contribution is -2.15. The standard InChI is InChI=1S/C20H14F3NO3S2/c21-20(22,23)13-8-6-12(7-9-13)15-10-29-18(17(15)19(26)27)24-16(25)11-28-14-4-2-1-3-5-14/h1-10H,11H2,(H,24,25)(H,26,27). The van der Waals surface area contributed by atoms with E-state index in [9.17, 15) is 27.9 Å². The average molecular weight is 437 g/mol. The highest BCUT2D eigenvalue weighted by molar-refractivity contribution is 8.00. The zero-order chi connectivity index (χ0) is 21.0. The Bertz CT molecular complexity index is 1020. The molecule has 3 aromatic rings. The number of hydrogen-bond acceptors (Lipinski definition) is 4. The first-order chi connectivity index (χ1) is 13.8. The van der Waals surface area contributed by atoms with E-state index in [1.165, 1.54) is 29.3 Å². The van der Waals surface area contributed by atoms with Crippen LogP contribution < -0.4 is 5.32 Å². The van der Waals surface area contributed by atoms with Crippen molar-refractivity contribution >= 4 is 40.0 Å². The number of hydrogen-bond donors (Lipinski definition) is 2. The Labute approximate surface area is 172 Å². The summed E-state index contributed by atoms with van der Waals surface area (Å²) in [4.78, 5) is 24.9. The lowest BCUT2D eigenvalue weighted by Gasteiger charge is -2.08. The molecule has 4 nitrogen and oxygen atoms in total. The molecule has 0 aliphatic carbocycles. The highest BCUT2D eigenvalue weighted by Gasteiger charge is 2.30. The number of carboxylic acid groups (broad SMARTS) is 1. The van der Waals surface area contributed by atoms with E-state index in [1.807, 2.05) is 30.3 Å². The maximum atomic E-state index is 12.7. The molecule has 2 N–H and O–H groups in total. The van der Waals surface area contributed by atoms with Crippen LogP contribution >= 0.6 is 23.1 Å². The van der Waals surface area contributed by atoms with E-state index in [0.29, 0.717) is 5.56 Å². The summed E-state index contributed by atoms with van der Waals surface area (Å²) in [5.74, 6) is -1.55. The van der Waals surface area contributed by atoms with Crippen molar-refractivity contribution in [3.63, 3.8) is 0 Å². The fourth-order valence-corrected chi connectivity index (χ4v) is 4.24. The molecule has 0 aliphatic heterocycles. The van der Waals surface area contributed by atoms with E-state index >= 15 is 0 Å². The molecule has 150 valence electrons. The second-order valence-corrected chi connectivity index (χ2v) is 7.81. The van der Waals surface area contributed by atoms with Gasteiger partial charge in [-0.05, 0) is 29.8 Å². The number of halogens is 3. The SMILES string of the molecule is O=C(CSc1ccccc1)Nc1scc(-c2ccc(C(F)(F)F)cc2)c1C(=O)O. The number of nitrogens with one attached hydrogen (secondary N) is 1. The number of alkyl halides is 3. The van der Waals surface area contributed by atoms with Crippen molar-refractivity contribution in [2.75, 3.05) is 11.1 Å². The number of carbonyl (C=O) groups excluding carboxylic acids is 1. The van der Waals surface area contributed by atoms with E-state index in [-0.39, 0.29) is 27.8 Å². The summed E-state index contributed by atoms with van der Waals surface area (Å²) in [6.07, 6.45) is -4.47. The summed E-state index contributed by atoms with van der Waals surface area (Å²) < 4.78 is 38.2. The zero-order valence-electron chi connectivity index (χ0n) is 14.7. The number of thioether (sulfide) groups is 1. The van der Waals surface area contributed by atoms with Gasteiger partial charge < -0.3 is 10.4 Å². The minimum atomic E-state index is -4.47. The van der Waals surface area contributed by atoms with E-state index < -0.39 is 17.7 Å². The molecule has 3 rings (SSSR count). The van der Waals surface area contributed by atoms with Gasteiger partial charge in [-0.1, -0.05) is 30.3 Å². The quantitative estimate of drug-likeness (QED) is 0.474. The molecule has 0 fully saturated rings. The second-order valence-electron chi connectivity index (χ2n) is 5.88. The smallest absolute Gasteiger partial charge is 0.416 e. The number of rotatable bonds is 6. The third-order valence-corrected chi connectivity index (χ3v) is 5.80. The van der Waals surface area contributed by atoms with Crippen LogP contribution in [0.4, 0.5) is 18.2 Å². The molecule has 0 radical (unpaired) electrons. The van der Waals surface area contributed by atoms with Gasteiger partial charge in [0.25, 0.3) is 0 Å². The Balaban J connectivity index is 1.78. The molecular formula is C20H14F3NO3S2. The van der Waals surface area contributed by atoms with Gasteiger partial charge in [-0.25, -0.2) is 4.79 Å². The van der Waals surface area contributed by atoms with Crippen LogP contribution in [0.1, 0.15) is 15.9 Å². The summed E-state index contributed by atoms with van der Waals surface area (Å²) in [5.41, 5.74) is -0.388. The topological polar surface area (TPSA) is 66.4 Å². The van der Waals surface area contributed by atoms with Crippen LogP contribution in [0.2, 0.25) is 0 Å². The molecule has 1 aromatic heterocycles. The summed E-state index contributed by atoms with van der Waals surface area (Å²) in [5, 5.41) is 13.8. The van der Waals surface area contributed by atoms with Crippen molar-refractivity contribution in [3.05, 3.63) is 71.1 Å². The van der Waals surface area contributed by atoms with E-state index in [2.05, 4.69) is 5.32 Å². The van der Waals surface area contributed by atoms with Gasteiger partial charge in [0, 0.05) is 15.8 Å². The molecule has 0 saturated heterocycles. The molecule has 1 amide bonds. The number of aromatic carboxylic acids is 1. The van der Waals surface area contributed by atoms with Gasteiger partial charge in [-0.3, -0.25) is 4.79 Å². The molecule has 0 saturated carbocycles. The van der Waals surface area contributed by atoms with Crippen LogP contribution in [0.25, 0.3) is 11.1 Å². The van der Waals surface area contributed by atoms with Gasteiger partial charge in [-0.15, -0.1) is 23.1 Å². The Kier molecular flexibility index (Phi) is 6.29. The van der Waals surface area contributed by atoms with E-state index in [1.54, 1.807) is 0 Å². The van der Waals surface area contributed by atoms with E-state index in [4.69, 9.17) is 0 Å². The predicted octanol–water partition coefficient (Wildman–Crippen LogP) is 5.86.